The summed E-state index contributed by atoms with van der Waals surface area (Å²) in [5.74, 6) is 1.06. The first-order chi connectivity index (χ1) is 6.36. The number of nitrogens with one attached hydrogen (secondary N) is 1. The standard InChI is InChI=1S/C8H14N4S/c1-9-5-7-10-11-8(13-2)12(7)6-3-4-6/h6,9H,3-5H2,1-2H3. The van der Waals surface area contributed by atoms with Crippen molar-refractivity contribution >= 4 is 11.8 Å². The number of hydrogen-bond acceptors (Lipinski definition) is 4. The lowest BCUT2D eigenvalue weighted by Crippen LogP contribution is -2.12. The van der Waals surface area contributed by atoms with Gasteiger partial charge in [-0.1, -0.05) is 11.8 Å². The summed E-state index contributed by atoms with van der Waals surface area (Å²) in [7, 11) is 1.94. The average molecular weight is 198 g/mol. The van der Waals surface area contributed by atoms with E-state index in [-0.39, 0.29) is 0 Å². The van der Waals surface area contributed by atoms with Crippen LogP contribution in [0.15, 0.2) is 5.16 Å². The fraction of sp³-hybridized carbons (Fsp3) is 0.750. The Bertz CT molecular complexity index is 292. The third-order valence-corrected chi connectivity index (χ3v) is 2.81. The second kappa shape index (κ2) is 3.67. The van der Waals surface area contributed by atoms with Crippen molar-refractivity contribution in [1.82, 2.24) is 20.1 Å². The maximum absolute atomic E-state index is 4.17. The molecule has 0 aromatic carbocycles. The van der Waals surface area contributed by atoms with Crippen LogP contribution in [0.3, 0.4) is 0 Å². The van der Waals surface area contributed by atoms with Crippen LogP contribution in [0.1, 0.15) is 24.7 Å². The Labute approximate surface area is 82.1 Å². The lowest BCUT2D eigenvalue weighted by molar-refractivity contribution is 0.605. The molecule has 0 bridgehead atoms. The number of thioether (sulfide) groups is 1. The van der Waals surface area contributed by atoms with Gasteiger partial charge in [0.25, 0.3) is 0 Å². The zero-order valence-corrected chi connectivity index (χ0v) is 8.77. The van der Waals surface area contributed by atoms with Gasteiger partial charge in [-0.2, -0.15) is 0 Å². The van der Waals surface area contributed by atoms with Crippen molar-refractivity contribution in [2.45, 2.75) is 30.6 Å². The number of hydrogen-bond donors (Lipinski definition) is 1. The summed E-state index contributed by atoms with van der Waals surface area (Å²) in [5.41, 5.74) is 0. The molecule has 5 heteroatoms. The Balaban J connectivity index is 2.27. The summed E-state index contributed by atoms with van der Waals surface area (Å²) in [5, 5.41) is 12.5. The lowest BCUT2D eigenvalue weighted by Gasteiger charge is -2.06. The van der Waals surface area contributed by atoms with Crippen LogP contribution in [0.2, 0.25) is 0 Å². The summed E-state index contributed by atoms with van der Waals surface area (Å²) in [6, 6.07) is 0.667. The minimum absolute atomic E-state index is 0.667. The molecule has 2 rings (SSSR count). The Kier molecular flexibility index (Phi) is 2.55. The van der Waals surface area contributed by atoms with Gasteiger partial charge in [-0.15, -0.1) is 10.2 Å². The highest BCUT2D eigenvalue weighted by Crippen LogP contribution is 2.38. The summed E-state index contributed by atoms with van der Waals surface area (Å²) in [4.78, 5) is 0. The van der Waals surface area contributed by atoms with Gasteiger partial charge in [-0.3, -0.25) is 0 Å². The first kappa shape index (κ1) is 9.02. The molecular weight excluding hydrogens is 184 g/mol. The van der Waals surface area contributed by atoms with Gasteiger partial charge in [-0.05, 0) is 26.1 Å². The third kappa shape index (κ3) is 1.71. The van der Waals surface area contributed by atoms with Gasteiger partial charge in [0.1, 0.15) is 5.82 Å². The molecule has 1 aliphatic carbocycles. The smallest absolute Gasteiger partial charge is 0.191 e. The van der Waals surface area contributed by atoms with Crippen molar-refractivity contribution in [3.63, 3.8) is 0 Å². The monoisotopic (exact) mass is 198 g/mol. The van der Waals surface area contributed by atoms with Crippen molar-refractivity contribution in [3.05, 3.63) is 5.82 Å². The van der Waals surface area contributed by atoms with Crippen molar-refractivity contribution in [2.75, 3.05) is 13.3 Å². The molecule has 0 atom stereocenters. The molecule has 0 aliphatic heterocycles. The van der Waals surface area contributed by atoms with Crippen molar-refractivity contribution in [2.24, 2.45) is 0 Å². The van der Waals surface area contributed by atoms with E-state index in [0.29, 0.717) is 6.04 Å². The molecule has 1 N–H and O–H groups in total. The van der Waals surface area contributed by atoms with Crippen molar-refractivity contribution in [1.29, 1.82) is 0 Å². The molecule has 1 aromatic heterocycles. The summed E-state index contributed by atoms with van der Waals surface area (Å²) in [6.45, 7) is 0.810. The van der Waals surface area contributed by atoms with Gasteiger partial charge in [0.2, 0.25) is 0 Å². The lowest BCUT2D eigenvalue weighted by atomic mass is 10.5. The van der Waals surface area contributed by atoms with E-state index >= 15 is 0 Å². The highest BCUT2D eigenvalue weighted by molar-refractivity contribution is 7.98. The molecule has 1 fully saturated rings. The van der Waals surface area contributed by atoms with Gasteiger partial charge >= 0.3 is 0 Å². The predicted octanol–water partition coefficient (Wildman–Crippen LogP) is 1.05. The molecule has 1 heterocycles. The number of nitrogens with zero attached hydrogens (tertiary/aromatic N) is 3. The van der Waals surface area contributed by atoms with Crippen LogP contribution in [0.25, 0.3) is 0 Å². The summed E-state index contributed by atoms with van der Waals surface area (Å²) in [6.07, 6.45) is 4.61. The highest BCUT2D eigenvalue weighted by atomic mass is 32.2. The predicted molar refractivity (Wildman–Crippen MR) is 52.8 cm³/mol. The second-order valence-corrected chi connectivity index (χ2v) is 4.01. The van der Waals surface area contributed by atoms with E-state index < -0.39 is 0 Å². The summed E-state index contributed by atoms with van der Waals surface area (Å²) >= 11 is 1.67. The third-order valence-electron chi connectivity index (χ3n) is 2.16. The largest absolute Gasteiger partial charge is 0.313 e. The zero-order chi connectivity index (χ0) is 9.26. The van der Waals surface area contributed by atoms with E-state index in [4.69, 9.17) is 0 Å². The SMILES string of the molecule is CNCc1nnc(SC)n1C1CC1. The van der Waals surface area contributed by atoms with Crippen LogP contribution in [0.4, 0.5) is 0 Å². The molecule has 13 heavy (non-hydrogen) atoms. The second-order valence-electron chi connectivity index (χ2n) is 3.23. The van der Waals surface area contributed by atoms with Crippen LogP contribution in [0, 0.1) is 0 Å². The Morgan fingerprint density at radius 3 is 2.85 bits per heavy atom. The molecule has 0 unspecified atom stereocenters. The molecule has 0 amide bonds. The van der Waals surface area contributed by atoms with Crippen LogP contribution in [-0.4, -0.2) is 28.1 Å². The maximum Gasteiger partial charge on any atom is 0.191 e. The van der Waals surface area contributed by atoms with E-state index in [0.717, 1.165) is 17.5 Å². The van der Waals surface area contributed by atoms with E-state index in [1.807, 2.05) is 13.3 Å². The number of aromatic nitrogens is 3. The van der Waals surface area contributed by atoms with Crippen LogP contribution < -0.4 is 5.32 Å². The maximum atomic E-state index is 4.17. The minimum atomic E-state index is 0.667. The fourth-order valence-corrected chi connectivity index (χ4v) is 2.00. The summed E-state index contributed by atoms with van der Waals surface area (Å²) < 4.78 is 2.27. The van der Waals surface area contributed by atoms with Crippen molar-refractivity contribution < 1.29 is 0 Å². The Hall–Kier alpha value is -0.550. The highest BCUT2D eigenvalue weighted by Gasteiger charge is 2.28. The number of rotatable bonds is 4. The molecule has 0 radical (unpaired) electrons. The van der Waals surface area contributed by atoms with Gasteiger partial charge in [0.15, 0.2) is 5.16 Å². The van der Waals surface area contributed by atoms with E-state index in [1.165, 1.54) is 12.8 Å². The Morgan fingerprint density at radius 1 is 1.54 bits per heavy atom. The molecule has 1 aromatic rings. The van der Waals surface area contributed by atoms with Gasteiger partial charge in [0.05, 0.1) is 6.54 Å². The van der Waals surface area contributed by atoms with Gasteiger partial charge in [0, 0.05) is 6.04 Å². The van der Waals surface area contributed by atoms with Gasteiger partial charge in [-0.25, -0.2) is 0 Å². The quantitative estimate of drug-likeness (QED) is 0.734. The van der Waals surface area contributed by atoms with Crippen molar-refractivity contribution in [3.8, 4) is 0 Å². The minimum Gasteiger partial charge on any atom is -0.313 e. The van der Waals surface area contributed by atoms with E-state index in [2.05, 4.69) is 20.1 Å². The molecule has 1 saturated carbocycles. The molecular formula is C8H14N4S. The fourth-order valence-electron chi connectivity index (χ4n) is 1.42. The molecule has 0 saturated heterocycles. The first-order valence-electron chi connectivity index (χ1n) is 4.49. The average Bonchev–Trinajstić information content (AvgIpc) is 2.89. The molecule has 0 spiro atoms. The molecule has 1 aliphatic rings. The molecule has 4 nitrogen and oxygen atoms in total. The normalized spacial score (nSPS) is 16.5. The van der Waals surface area contributed by atoms with E-state index in [9.17, 15) is 0 Å². The topological polar surface area (TPSA) is 42.7 Å². The van der Waals surface area contributed by atoms with Crippen LogP contribution in [0.5, 0.6) is 0 Å². The van der Waals surface area contributed by atoms with E-state index in [1.54, 1.807) is 11.8 Å². The first-order valence-corrected chi connectivity index (χ1v) is 5.71. The van der Waals surface area contributed by atoms with Gasteiger partial charge < -0.3 is 9.88 Å². The van der Waals surface area contributed by atoms with Crippen LogP contribution >= 0.6 is 11.8 Å². The Morgan fingerprint density at radius 2 is 2.31 bits per heavy atom. The van der Waals surface area contributed by atoms with Crippen LogP contribution in [-0.2, 0) is 6.54 Å². The zero-order valence-electron chi connectivity index (χ0n) is 7.95. The molecule has 72 valence electrons.